The van der Waals surface area contributed by atoms with E-state index in [2.05, 4.69) is 28.2 Å². The third kappa shape index (κ3) is 4.02. The van der Waals surface area contributed by atoms with E-state index in [0.717, 1.165) is 24.1 Å². The highest BCUT2D eigenvalue weighted by molar-refractivity contribution is 9.10. The number of hydrogen-bond donors (Lipinski definition) is 1. The maximum Gasteiger partial charge on any atom is 0.137 e. The van der Waals surface area contributed by atoms with Gasteiger partial charge in [0.15, 0.2) is 0 Å². The van der Waals surface area contributed by atoms with Crippen molar-refractivity contribution >= 4 is 27.5 Å². The van der Waals surface area contributed by atoms with Gasteiger partial charge >= 0.3 is 0 Å². The Kier molecular flexibility index (Phi) is 5.73. The van der Waals surface area contributed by atoms with E-state index in [1.54, 1.807) is 18.2 Å². The van der Waals surface area contributed by atoms with Gasteiger partial charge in [0.1, 0.15) is 11.6 Å². The Labute approximate surface area is 136 Å². The molecule has 0 bridgehead atoms. The Balaban J connectivity index is 2.44. The van der Waals surface area contributed by atoms with E-state index >= 15 is 0 Å². The average molecular weight is 375 g/mol. The quantitative estimate of drug-likeness (QED) is 0.732. The topological polar surface area (TPSA) is 12.0 Å². The molecule has 0 heterocycles. The normalized spacial score (nSPS) is 12.4. The molecule has 0 saturated carbocycles. The molecule has 2 aromatic carbocycles. The zero-order valence-electron chi connectivity index (χ0n) is 11.5. The molecule has 1 unspecified atom stereocenters. The predicted octanol–water partition coefficient (Wildman–Crippen LogP) is 5.47. The highest BCUT2D eigenvalue weighted by atomic mass is 79.9. The second-order valence-corrected chi connectivity index (χ2v) is 5.99. The lowest BCUT2D eigenvalue weighted by atomic mass is 9.98. The first-order chi connectivity index (χ1) is 10.0. The fraction of sp³-hybridized carbons (Fsp3) is 0.250. The van der Waals surface area contributed by atoms with Crippen molar-refractivity contribution in [3.63, 3.8) is 0 Å². The summed E-state index contributed by atoms with van der Waals surface area (Å²) >= 11 is 9.35. The second-order valence-electron chi connectivity index (χ2n) is 4.73. The molecule has 0 aromatic heterocycles. The smallest absolute Gasteiger partial charge is 0.137 e. The van der Waals surface area contributed by atoms with Gasteiger partial charge < -0.3 is 5.32 Å². The Bertz CT molecular complexity index is 634. The summed E-state index contributed by atoms with van der Waals surface area (Å²) in [6.07, 6.45) is 0.942. The molecule has 112 valence electrons. The standard InChI is InChI=1S/C16H15BrClF2N/c1-2-7-21-16(10-3-6-15(20)13(17)8-10)12-5-4-11(19)9-14(12)18/h3-6,8-9,16,21H,2,7H2,1H3. The van der Waals surface area contributed by atoms with Crippen molar-refractivity contribution in [2.45, 2.75) is 19.4 Å². The van der Waals surface area contributed by atoms with Crippen LogP contribution in [0.3, 0.4) is 0 Å². The first-order valence-electron chi connectivity index (χ1n) is 6.66. The van der Waals surface area contributed by atoms with Crippen LogP contribution in [-0.2, 0) is 0 Å². The van der Waals surface area contributed by atoms with Gasteiger partial charge in [0.25, 0.3) is 0 Å². The van der Waals surface area contributed by atoms with Crippen LogP contribution in [-0.4, -0.2) is 6.54 Å². The average Bonchev–Trinajstić information content (AvgIpc) is 2.44. The van der Waals surface area contributed by atoms with Crippen molar-refractivity contribution in [1.82, 2.24) is 5.32 Å². The molecule has 0 aliphatic rings. The molecular formula is C16H15BrClF2N. The third-order valence-corrected chi connectivity index (χ3v) is 4.08. The summed E-state index contributed by atoms with van der Waals surface area (Å²) in [5, 5.41) is 3.71. The van der Waals surface area contributed by atoms with Crippen molar-refractivity contribution in [3.05, 3.63) is 68.7 Å². The fourth-order valence-corrected chi connectivity index (χ4v) is 2.80. The molecule has 0 amide bonds. The second kappa shape index (κ2) is 7.34. The molecule has 0 aliphatic carbocycles. The molecule has 0 saturated heterocycles. The Morgan fingerprint density at radius 3 is 2.57 bits per heavy atom. The summed E-state index contributed by atoms with van der Waals surface area (Å²) in [5.41, 5.74) is 1.63. The maximum atomic E-state index is 13.4. The third-order valence-electron chi connectivity index (χ3n) is 3.15. The minimum absolute atomic E-state index is 0.213. The summed E-state index contributed by atoms with van der Waals surface area (Å²) in [6, 6.07) is 8.92. The Morgan fingerprint density at radius 1 is 1.19 bits per heavy atom. The molecule has 5 heteroatoms. The van der Waals surface area contributed by atoms with Crippen LogP contribution in [0.1, 0.15) is 30.5 Å². The van der Waals surface area contributed by atoms with Gasteiger partial charge in [-0.3, -0.25) is 0 Å². The summed E-state index contributed by atoms with van der Waals surface area (Å²) in [4.78, 5) is 0. The number of halogens is 4. The summed E-state index contributed by atoms with van der Waals surface area (Å²) in [5.74, 6) is -0.698. The Hall–Kier alpha value is -0.970. The van der Waals surface area contributed by atoms with Crippen LogP contribution in [0.25, 0.3) is 0 Å². The molecule has 21 heavy (non-hydrogen) atoms. The zero-order chi connectivity index (χ0) is 15.4. The lowest BCUT2D eigenvalue weighted by molar-refractivity contribution is 0.587. The van der Waals surface area contributed by atoms with Gasteiger partial charge in [-0.25, -0.2) is 8.78 Å². The van der Waals surface area contributed by atoms with E-state index in [9.17, 15) is 8.78 Å². The van der Waals surface area contributed by atoms with Crippen LogP contribution in [0.15, 0.2) is 40.9 Å². The van der Waals surface area contributed by atoms with Crippen LogP contribution in [0.2, 0.25) is 5.02 Å². The van der Waals surface area contributed by atoms with E-state index in [-0.39, 0.29) is 17.7 Å². The number of benzene rings is 2. The number of hydrogen-bond acceptors (Lipinski definition) is 1. The van der Waals surface area contributed by atoms with Gasteiger partial charge in [0.2, 0.25) is 0 Å². The Morgan fingerprint density at radius 2 is 1.95 bits per heavy atom. The van der Waals surface area contributed by atoms with Crippen molar-refractivity contribution in [2.24, 2.45) is 0 Å². The van der Waals surface area contributed by atoms with Crippen LogP contribution >= 0.6 is 27.5 Å². The molecule has 0 fully saturated rings. The highest BCUT2D eigenvalue weighted by Crippen LogP contribution is 2.31. The van der Waals surface area contributed by atoms with Crippen LogP contribution in [0, 0.1) is 11.6 Å². The lowest BCUT2D eigenvalue weighted by Crippen LogP contribution is -2.23. The van der Waals surface area contributed by atoms with E-state index in [1.807, 2.05) is 0 Å². The minimum atomic E-state index is -0.377. The fourth-order valence-electron chi connectivity index (χ4n) is 2.12. The summed E-state index contributed by atoms with van der Waals surface area (Å²) in [7, 11) is 0. The molecule has 2 aromatic rings. The monoisotopic (exact) mass is 373 g/mol. The predicted molar refractivity (Wildman–Crippen MR) is 85.6 cm³/mol. The van der Waals surface area contributed by atoms with E-state index < -0.39 is 0 Å². The van der Waals surface area contributed by atoms with Gasteiger partial charge in [-0.2, -0.15) is 0 Å². The zero-order valence-corrected chi connectivity index (χ0v) is 13.8. The van der Waals surface area contributed by atoms with Gasteiger partial charge in [0.05, 0.1) is 10.5 Å². The highest BCUT2D eigenvalue weighted by Gasteiger charge is 2.18. The molecule has 0 aliphatic heterocycles. The van der Waals surface area contributed by atoms with Crippen molar-refractivity contribution < 1.29 is 8.78 Å². The van der Waals surface area contributed by atoms with Crippen molar-refractivity contribution in [3.8, 4) is 0 Å². The minimum Gasteiger partial charge on any atom is -0.306 e. The van der Waals surface area contributed by atoms with Crippen LogP contribution in [0.4, 0.5) is 8.78 Å². The molecule has 2 rings (SSSR count). The lowest BCUT2D eigenvalue weighted by Gasteiger charge is -2.21. The first kappa shape index (κ1) is 16.4. The van der Waals surface area contributed by atoms with Crippen molar-refractivity contribution in [2.75, 3.05) is 6.54 Å². The van der Waals surface area contributed by atoms with Gasteiger partial charge in [-0.05, 0) is 64.3 Å². The van der Waals surface area contributed by atoms with Gasteiger partial charge in [-0.1, -0.05) is 30.7 Å². The number of nitrogens with one attached hydrogen (secondary N) is 1. The molecule has 1 N–H and O–H groups in total. The largest absolute Gasteiger partial charge is 0.306 e. The molecule has 1 atom stereocenters. The number of rotatable bonds is 5. The van der Waals surface area contributed by atoms with E-state index in [4.69, 9.17) is 11.6 Å². The van der Waals surface area contributed by atoms with E-state index in [0.29, 0.717) is 9.50 Å². The molecule has 1 nitrogen and oxygen atoms in total. The summed E-state index contributed by atoms with van der Waals surface area (Å²) < 4.78 is 27.0. The summed E-state index contributed by atoms with van der Waals surface area (Å²) in [6.45, 7) is 2.82. The maximum absolute atomic E-state index is 13.4. The van der Waals surface area contributed by atoms with Crippen LogP contribution in [0.5, 0.6) is 0 Å². The molecular weight excluding hydrogens is 360 g/mol. The van der Waals surface area contributed by atoms with E-state index in [1.165, 1.54) is 18.2 Å². The first-order valence-corrected chi connectivity index (χ1v) is 7.83. The molecule has 0 radical (unpaired) electrons. The molecule has 0 spiro atoms. The van der Waals surface area contributed by atoms with Gasteiger partial charge in [0, 0.05) is 5.02 Å². The van der Waals surface area contributed by atoms with Crippen molar-refractivity contribution in [1.29, 1.82) is 0 Å². The SMILES string of the molecule is CCCNC(c1ccc(F)c(Br)c1)c1ccc(F)cc1Cl. The van der Waals surface area contributed by atoms with Gasteiger partial charge in [-0.15, -0.1) is 0 Å². The van der Waals surface area contributed by atoms with Crippen LogP contribution < -0.4 is 5.32 Å².